The van der Waals surface area contributed by atoms with Crippen LogP contribution in [0.1, 0.15) is 12.1 Å². The molecule has 1 heterocycles. The van der Waals surface area contributed by atoms with Crippen LogP contribution in [0.4, 0.5) is 10.1 Å². The van der Waals surface area contributed by atoms with E-state index in [-0.39, 0.29) is 29.4 Å². The van der Waals surface area contributed by atoms with Gasteiger partial charge in [0, 0.05) is 12.1 Å². The summed E-state index contributed by atoms with van der Waals surface area (Å²) in [5.41, 5.74) is -0.310. The summed E-state index contributed by atoms with van der Waals surface area (Å²) < 4.78 is 13.5. The minimum Gasteiger partial charge on any atom is -0.481 e. The Labute approximate surface area is 145 Å². The van der Waals surface area contributed by atoms with Gasteiger partial charge in [-0.3, -0.25) is 14.4 Å². The first-order chi connectivity index (χ1) is 11.9. The van der Waals surface area contributed by atoms with Crippen LogP contribution in [0.15, 0.2) is 34.2 Å². The van der Waals surface area contributed by atoms with Crippen molar-refractivity contribution >= 4 is 29.3 Å². The number of nitrogen functional groups attached to an aromatic ring is 1. The van der Waals surface area contributed by atoms with Gasteiger partial charge in [-0.05, 0) is 24.3 Å². The molecule has 0 aliphatic carbocycles. The molecule has 1 aromatic carbocycles. The van der Waals surface area contributed by atoms with E-state index < -0.39 is 23.3 Å². The SMILES string of the molecule is Nn1c(SCC(=O)Nc2ccc(F)cc2)nnc(CCC(=O)O)c1=O. The van der Waals surface area contributed by atoms with E-state index in [2.05, 4.69) is 15.5 Å². The summed E-state index contributed by atoms with van der Waals surface area (Å²) in [7, 11) is 0. The number of halogens is 1. The van der Waals surface area contributed by atoms with Crippen LogP contribution >= 0.6 is 11.8 Å². The van der Waals surface area contributed by atoms with Crippen molar-refractivity contribution in [2.45, 2.75) is 18.0 Å². The van der Waals surface area contributed by atoms with E-state index in [4.69, 9.17) is 10.9 Å². The van der Waals surface area contributed by atoms with Crippen molar-refractivity contribution in [1.82, 2.24) is 14.9 Å². The summed E-state index contributed by atoms with van der Waals surface area (Å²) in [6, 6.07) is 5.24. The lowest BCUT2D eigenvalue weighted by atomic mass is 10.2. The standard InChI is InChI=1S/C14H14FN5O4S/c15-8-1-3-9(4-2-8)17-11(21)7-25-14-19-18-10(5-6-12(22)23)13(24)20(14)16/h1-4H,5-7,16H2,(H,17,21)(H,22,23). The van der Waals surface area contributed by atoms with Crippen molar-refractivity contribution in [3.05, 3.63) is 46.1 Å². The van der Waals surface area contributed by atoms with E-state index in [0.29, 0.717) is 5.69 Å². The summed E-state index contributed by atoms with van der Waals surface area (Å²) >= 11 is 0.887. The zero-order chi connectivity index (χ0) is 18.4. The highest BCUT2D eigenvalue weighted by molar-refractivity contribution is 7.99. The summed E-state index contributed by atoms with van der Waals surface area (Å²) in [5.74, 6) is 3.62. The van der Waals surface area contributed by atoms with Gasteiger partial charge in [-0.1, -0.05) is 11.8 Å². The molecular formula is C14H14FN5O4S. The normalized spacial score (nSPS) is 10.4. The number of amides is 1. The second kappa shape index (κ2) is 8.24. The molecule has 2 rings (SSSR count). The summed E-state index contributed by atoms with van der Waals surface area (Å²) in [6.45, 7) is 0. The first kappa shape index (κ1) is 18.4. The maximum atomic E-state index is 12.8. The zero-order valence-corrected chi connectivity index (χ0v) is 13.6. The van der Waals surface area contributed by atoms with Crippen LogP contribution in [0.5, 0.6) is 0 Å². The highest BCUT2D eigenvalue weighted by atomic mass is 32.2. The lowest BCUT2D eigenvalue weighted by molar-refractivity contribution is -0.137. The second-order valence-electron chi connectivity index (χ2n) is 4.84. The molecule has 1 aromatic heterocycles. The van der Waals surface area contributed by atoms with Crippen LogP contribution in [0, 0.1) is 5.82 Å². The number of carboxylic acids is 1. The molecular weight excluding hydrogens is 353 g/mol. The third-order valence-electron chi connectivity index (χ3n) is 2.96. The maximum absolute atomic E-state index is 12.8. The molecule has 132 valence electrons. The number of carbonyl (C=O) groups excluding carboxylic acids is 1. The van der Waals surface area contributed by atoms with Crippen LogP contribution in [0.3, 0.4) is 0 Å². The molecule has 9 nitrogen and oxygen atoms in total. The topological polar surface area (TPSA) is 140 Å². The Kier molecular flexibility index (Phi) is 6.06. The number of carboxylic acid groups (broad SMARTS) is 1. The van der Waals surface area contributed by atoms with Gasteiger partial charge >= 0.3 is 5.97 Å². The summed E-state index contributed by atoms with van der Waals surface area (Å²) in [6.07, 6.45) is -0.356. The maximum Gasteiger partial charge on any atom is 0.303 e. The van der Waals surface area contributed by atoms with Crippen molar-refractivity contribution in [1.29, 1.82) is 0 Å². The van der Waals surface area contributed by atoms with E-state index in [1.165, 1.54) is 24.3 Å². The number of thioether (sulfide) groups is 1. The molecule has 0 fully saturated rings. The van der Waals surface area contributed by atoms with E-state index in [1.54, 1.807) is 0 Å². The van der Waals surface area contributed by atoms with Gasteiger partial charge in [0.1, 0.15) is 11.5 Å². The number of rotatable bonds is 7. The molecule has 0 unspecified atom stereocenters. The van der Waals surface area contributed by atoms with Crippen molar-refractivity contribution in [3.63, 3.8) is 0 Å². The molecule has 0 aliphatic rings. The predicted octanol–water partition coefficient (Wildman–Crippen LogP) is 0.239. The lowest BCUT2D eigenvalue weighted by Gasteiger charge is -2.07. The van der Waals surface area contributed by atoms with Crippen LogP contribution in [-0.4, -0.2) is 37.6 Å². The molecule has 0 saturated heterocycles. The molecule has 0 aliphatic heterocycles. The second-order valence-corrected chi connectivity index (χ2v) is 5.78. The minimum absolute atomic E-state index is 0.0123. The Hall–Kier alpha value is -2.95. The molecule has 1 amide bonds. The fraction of sp³-hybridized carbons (Fsp3) is 0.214. The number of aliphatic carboxylic acids is 1. The molecule has 0 spiro atoms. The van der Waals surface area contributed by atoms with Crippen LogP contribution in [-0.2, 0) is 16.0 Å². The number of aromatic nitrogens is 3. The Morgan fingerprint density at radius 1 is 1.28 bits per heavy atom. The number of nitrogens with two attached hydrogens (primary N) is 1. The lowest BCUT2D eigenvalue weighted by Crippen LogP contribution is -2.34. The third-order valence-corrected chi connectivity index (χ3v) is 3.91. The van der Waals surface area contributed by atoms with Gasteiger partial charge in [-0.25, -0.2) is 4.39 Å². The van der Waals surface area contributed by atoms with Gasteiger partial charge < -0.3 is 16.3 Å². The van der Waals surface area contributed by atoms with Gasteiger partial charge in [0.05, 0.1) is 12.2 Å². The van der Waals surface area contributed by atoms with Crippen molar-refractivity contribution in [2.75, 3.05) is 16.9 Å². The molecule has 0 saturated carbocycles. The molecule has 0 bridgehead atoms. The number of aryl methyl sites for hydroxylation is 1. The molecule has 0 radical (unpaired) electrons. The number of hydrogen-bond acceptors (Lipinski definition) is 7. The highest BCUT2D eigenvalue weighted by Gasteiger charge is 2.13. The quantitative estimate of drug-likeness (QED) is 0.467. The first-order valence-electron chi connectivity index (χ1n) is 7.00. The predicted molar refractivity (Wildman–Crippen MR) is 88.2 cm³/mol. The van der Waals surface area contributed by atoms with Crippen molar-refractivity contribution in [3.8, 4) is 0 Å². The number of nitrogens with zero attached hydrogens (tertiary/aromatic N) is 3. The van der Waals surface area contributed by atoms with Gasteiger partial charge in [-0.2, -0.15) is 4.68 Å². The van der Waals surface area contributed by atoms with E-state index in [9.17, 15) is 18.8 Å². The van der Waals surface area contributed by atoms with Crippen LogP contribution < -0.4 is 16.7 Å². The summed E-state index contributed by atoms with van der Waals surface area (Å²) in [4.78, 5) is 34.3. The van der Waals surface area contributed by atoms with Crippen LogP contribution in [0.2, 0.25) is 0 Å². The molecule has 2 aromatic rings. The minimum atomic E-state index is -1.07. The van der Waals surface area contributed by atoms with Crippen molar-refractivity contribution < 1.29 is 19.1 Å². The van der Waals surface area contributed by atoms with Crippen LogP contribution in [0.25, 0.3) is 0 Å². The number of benzene rings is 1. The monoisotopic (exact) mass is 367 g/mol. The fourth-order valence-electron chi connectivity index (χ4n) is 1.76. The van der Waals surface area contributed by atoms with E-state index >= 15 is 0 Å². The number of nitrogens with one attached hydrogen (secondary N) is 1. The van der Waals surface area contributed by atoms with E-state index in [1.807, 2.05) is 0 Å². The van der Waals surface area contributed by atoms with E-state index in [0.717, 1.165) is 16.4 Å². The average molecular weight is 367 g/mol. The Balaban J connectivity index is 1.97. The molecule has 25 heavy (non-hydrogen) atoms. The number of hydrogen-bond donors (Lipinski definition) is 3. The summed E-state index contributed by atoms with van der Waals surface area (Å²) in [5, 5.41) is 18.6. The first-order valence-corrected chi connectivity index (χ1v) is 7.99. The molecule has 0 atom stereocenters. The number of carbonyl (C=O) groups is 2. The zero-order valence-electron chi connectivity index (χ0n) is 12.8. The largest absolute Gasteiger partial charge is 0.481 e. The molecule has 4 N–H and O–H groups in total. The highest BCUT2D eigenvalue weighted by Crippen LogP contribution is 2.13. The smallest absolute Gasteiger partial charge is 0.303 e. The fourth-order valence-corrected chi connectivity index (χ4v) is 2.41. The Morgan fingerprint density at radius 2 is 1.96 bits per heavy atom. The average Bonchev–Trinajstić information content (AvgIpc) is 2.57. The van der Waals surface area contributed by atoms with Gasteiger partial charge in [-0.15, -0.1) is 10.2 Å². The van der Waals surface area contributed by atoms with Gasteiger partial charge in [0.15, 0.2) is 0 Å². The number of anilines is 1. The van der Waals surface area contributed by atoms with Gasteiger partial charge in [0.25, 0.3) is 5.56 Å². The van der Waals surface area contributed by atoms with Gasteiger partial charge in [0.2, 0.25) is 11.1 Å². The Morgan fingerprint density at radius 3 is 2.60 bits per heavy atom. The third kappa shape index (κ3) is 5.28. The molecule has 11 heteroatoms. The van der Waals surface area contributed by atoms with Crippen molar-refractivity contribution in [2.24, 2.45) is 0 Å². The Bertz CT molecular complexity index is 840.